The number of imidazole rings is 1. The Morgan fingerprint density at radius 1 is 1.00 bits per heavy atom. The minimum absolute atomic E-state index is 0.191. The Hall–Kier alpha value is -3.81. The van der Waals surface area contributed by atoms with Crippen LogP contribution >= 0.6 is 0 Å². The maximum absolute atomic E-state index is 13.6. The van der Waals surface area contributed by atoms with E-state index >= 15 is 0 Å². The van der Waals surface area contributed by atoms with Gasteiger partial charge in [0.25, 0.3) is 0 Å². The first kappa shape index (κ1) is 22.0. The molecule has 5 rings (SSSR count). The summed E-state index contributed by atoms with van der Waals surface area (Å²) in [6.45, 7) is 5.80. The maximum atomic E-state index is 13.6. The van der Waals surface area contributed by atoms with E-state index in [1.165, 1.54) is 12.1 Å². The molecule has 1 aromatic carbocycles. The van der Waals surface area contributed by atoms with Crippen molar-refractivity contribution in [3.63, 3.8) is 0 Å². The fraction of sp³-hybridized carbons (Fsp3) is 0.308. The normalized spacial score (nSPS) is 14.9. The minimum atomic E-state index is -0.267. The van der Waals surface area contributed by atoms with Crippen LogP contribution in [-0.2, 0) is 6.42 Å². The smallest absolute Gasteiger partial charge is 0.223 e. The van der Waals surface area contributed by atoms with Crippen molar-refractivity contribution in [2.45, 2.75) is 32.7 Å². The summed E-state index contributed by atoms with van der Waals surface area (Å²) >= 11 is 0. The molecule has 174 valence electrons. The van der Waals surface area contributed by atoms with Gasteiger partial charge in [-0.25, -0.2) is 24.3 Å². The number of rotatable bonds is 8. The molecule has 0 unspecified atom stereocenters. The molecule has 2 N–H and O–H groups in total. The predicted octanol–water partition coefficient (Wildman–Crippen LogP) is 5.21. The summed E-state index contributed by atoms with van der Waals surface area (Å²) < 4.78 is 15.9. The van der Waals surface area contributed by atoms with Crippen molar-refractivity contribution in [2.24, 2.45) is 5.92 Å². The number of anilines is 2. The van der Waals surface area contributed by atoms with Crippen LogP contribution in [0.25, 0.3) is 22.6 Å². The van der Waals surface area contributed by atoms with Crippen LogP contribution in [0.2, 0.25) is 0 Å². The molecule has 0 spiro atoms. The van der Waals surface area contributed by atoms with Crippen molar-refractivity contribution in [3.05, 3.63) is 72.6 Å². The summed E-state index contributed by atoms with van der Waals surface area (Å²) in [6, 6.07) is 14.4. The molecule has 0 amide bonds. The lowest BCUT2D eigenvalue weighted by atomic mass is 10.1. The predicted molar refractivity (Wildman–Crippen MR) is 132 cm³/mol. The first-order chi connectivity index (χ1) is 16.6. The first-order valence-electron chi connectivity index (χ1n) is 11.7. The second-order valence-corrected chi connectivity index (χ2v) is 8.93. The molecule has 0 radical (unpaired) electrons. The van der Waals surface area contributed by atoms with E-state index in [0.29, 0.717) is 11.9 Å². The fourth-order valence-electron chi connectivity index (χ4n) is 4.28. The number of pyridine rings is 1. The maximum Gasteiger partial charge on any atom is 0.223 e. The Labute approximate surface area is 198 Å². The Balaban J connectivity index is 1.55. The summed E-state index contributed by atoms with van der Waals surface area (Å²) in [6.07, 6.45) is 5.40. The molecular weight excluding hydrogens is 429 g/mol. The van der Waals surface area contributed by atoms with Crippen LogP contribution in [0.5, 0.6) is 0 Å². The zero-order valence-electron chi connectivity index (χ0n) is 19.4. The van der Waals surface area contributed by atoms with Crippen molar-refractivity contribution < 1.29 is 4.39 Å². The monoisotopic (exact) mass is 457 g/mol. The zero-order valence-corrected chi connectivity index (χ0v) is 19.4. The molecule has 1 atom stereocenters. The van der Waals surface area contributed by atoms with Gasteiger partial charge in [0, 0.05) is 37.5 Å². The van der Waals surface area contributed by atoms with Gasteiger partial charge in [-0.2, -0.15) is 0 Å². The lowest BCUT2D eigenvalue weighted by molar-refractivity contribution is 0.557. The highest BCUT2D eigenvalue weighted by atomic mass is 19.1. The molecule has 34 heavy (non-hydrogen) atoms. The Morgan fingerprint density at radius 3 is 2.62 bits per heavy atom. The number of nitrogens with zero attached hydrogens (tertiary/aromatic N) is 5. The van der Waals surface area contributed by atoms with E-state index in [4.69, 9.17) is 9.97 Å². The standard InChI is InChI=1S/C26H28FN7/c1-17(2)15-31-26-29-14-12-21(32-26)25-24(18-6-8-19(27)9-7-18)33-23-11-10-20(34(23)25)16-30-22-5-3-4-13-28-22/h3-9,12-14,17,20H,10-11,15-16H2,1-2H3,(H,28,30)(H,29,31,32)/t20-/m0/s1. The molecule has 0 saturated heterocycles. The van der Waals surface area contributed by atoms with Crippen molar-refractivity contribution in [1.29, 1.82) is 0 Å². The minimum Gasteiger partial charge on any atom is -0.368 e. The summed E-state index contributed by atoms with van der Waals surface area (Å²) in [5, 5.41) is 6.77. The second-order valence-electron chi connectivity index (χ2n) is 8.93. The van der Waals surface area contributed by atoms with Gasteiger partial charge in [0.15, 0.2) is 0 Å². The van der Waals surface area contributed by atoms with Crippen molar-refractivity contribution in [3.8, 4) is 22.6 Å². The van der Waals surface area contributed by atoms with Gasteiger partial charge in [-0.15, -0.1) is 0 Å². The third-order valence-electron chi connectivity index (χ3n) is 5.92. The van der Waals surface area contributed by atoms with Crippen LogP contribution < -0.4 is 10.6 Å². The Bertz CT molecular complexity index is 1250. The van der Waals surface area contributed by atoms with E-state index in [1.54, 1.807) is 24.5 Å². The molecule has 7 nitrogen and oxygen atoms in total. The number of halogens is 1. The quantitative estimate of drug-likeness (QED) is 0.378. The van der Waals surface area contributed by atoms with Gasteiger partial charge in [-0.3, -0.25) is 0 Å². The van der Waals surface area contributed by atoms with Crippen LogP contribution in [-0.4, -0.2) is 37.6 Å². The molecule has 8 heteroatoms. The summed E-state index contributed by atoms with van der Waals surface area (Å²) in [7, 11) is 0. The van der Waals surface area contributed by atoms with Crippen molar-refractivity contribution >= 4 is 11.8 Å². The van der Waals surface area contributed by atoms with E-state index in [2.05, 4.69) is 39.0 Å². The number of aromatic nitrogens is 5. The molecular formula is C26H28FN7. The number of aryl methyl sites for hydroxylation is 1. The highest BCUT2D eigenvalue weighted by molar-refractivity contribution is 5.78. The van der Waals surface area contributed by atoms with Gasteiger partial charge < -0.3 is 15.2 Å². The summed E-state index contributed by atoms with van der Waals surface area (Å²) in [5.74, 6) is 2.66. The van der Waals surface area contributed by atoms with Crippen LogP contribution in [0.1, 0.15) is 32.1 Å². The highest BCUT2D eigenvalue weighted by Gasteiger charge is 2.30. The topological polar surface area (TPSA) is 80.5 Å². The largest absolute Gasteiger partial charge is 0.368 e. The third kappa shape index (κ3) is 4.62. The molecule has 1 aliphatic heterocycles. The lowest BCUT2D eigenvalue weighted by Crippen LogP contribution is -2.17. The molecule has 0 bridgehead atoms. The zero-order chi connectivity index (χ0) is 23.5. The number of hydrogen-bond donors (Lipinski definition) is 2. The summed E-state index contributed by atoms with van der Waals surface area (Å²) in [4.78, 5) is 18.6. The molecule has 0 fully saturated rings. The number of benzene rings is 1. The number of hydrogen-bond acceptors (Lipinski definition) is 6. The van der Waals surface area contributed by atoms with Crippen molar-refractivity contribution in [1.82, 2.24) is 24.5 Å². The van der Waals surface area contributed by atoms with E-state index in [-0.39, 0.29) is 11.9 Å². The molecule has 3 aromatic heterocycles. The van der Waals surface area contributed by atoms with Crippen molar-refractivity contribution in [2.75, 3.05) is 23.7 Å². The molecule has 0 saturated carbocycles. The van der Waals surface area contributed by atoms with Gasteiger partial charge in [0.05, 0.1) is 23.1 Å². The van der Waals surface area contributed by atoms with Crippen LogP contribution in [0.15, 0.2) is 60.9 Å². The average molecular weight is 458 g/mol. The average Bonchev–Trinajstić information content (AvgIpc) is 3.42. The Kier molecular flexibility index (Phi) is 6.20. The third-order valence-corrected chi connectivity index (χ3v) is 5.92. The highest BCUT2D eigenvalue weighted by Crippen LogP contribution is 2.39. The van der Waals surface area contributed by atoms with Gasteiger partial charge in [-0.1, -0.05) is 19.9 Å². The molecule has 4 heterocycles. The number of nitrogens with one attached hydrogen (secondary N) is 2. The lowest BCUT2D eigenvalue weighted by Gasteiger charge is -2.18. The first-order valence-corrected chi connectivity index (χ1v) is 11.7. The van der Waals surface area contributed by atoms with Gasteiger partial charge in [-0.05, 0) is 54.8 Å². The Morgan fingerprint density at radius 2 is 1.85 bits per heavy atom. The molecule has 0 aliphatic carbocycles. The van der Waals surface area contributed by atoms with E-state index in [0.717, 1.165) is 60.2 Å². The van der Waals surface area contributed by atoms with E-state index in [1.807, 2.05) is 24.3 Å². The van der Waals surface area contributed by atoms with Crippen LogP contribution in [0, 0.1) is 11.7 Å². The fourth-order valence-corrected chi connectivity index (χ4v) is 4.28. The molecule has 1 aliphatic rings. The van der Waals surface area contributed by atoms with Crippen LogP contribution in [0.3, 0.4) is 0 Å². The molecule has 4 aromatic rings. The van der Waals surface area contributed by atoms with E-state index in [9.17, 15) is 4.39 Å². The van der Waals surface area contributed by atoms with Gasteiger partial charge >= 0.3 is 0 Å². The SMILES string of the molecule is CC(C)CNc1nccc(-c2c(-c3ccc(F)cc3)nc3n2[C@H](CNc2ccccn2)CC3)n1. The van der Waals surface area contributed by atoms with Gasteiger partial charge in [0.1, 0.15) is 17.5 Å². The van der Waals surface area contributed by atoms with Crippen LogP contribution in [0.4, 0.5) is 16.2 Å². The summed E-state index contributed by atoms with van der Waals surface area (Å²) in [5.41, 5.74) is 3.40. The second kappa shape index (κ2) is 9.59. The number of fused-ring (bicyclic) bond motifs is 1. The van der Waals surface area contributed by atoms with E-state index < -0.39 is 0 Å². The van der Waals surface area contributed by atoms with Gasteiger partial charge in [0.2, 0.25) is 5.95 Å².